The molecule has 0 amide bonds. The SMILES string of the molecule is CCOP(=O)([O-])OCOc1ccccc1.[Na+]. The van der Waals surface area contributed by atoms with Crippen molar-refractivity contribution in [1.82, 2.24) is 0 Å². The van der Waals surface area contributed by atoms with Crippen molar-refractivity contribution in [3.05, 3.63) is 30.3 Å². The Morgan fingerprint density at radius 3 is 2.44 bits per heavy atom. The zero-order valence-corrected chi connectivity index (χ0v) is 12.2. The van der Waals surface area contributed by atoms with Crippen molar-refractivity contribution in [2.45, 2.75) is 6.92 Å². The number of ether oxygens (including phenoxy) is 1. The molecule has 0 aromatic heterocycles. The second-order valence-electron chi connectivity index (χ2n) is 2.57. The fourth-order valence-corrected chi connectivity index (χ4v) is 1.44. The zero-order valence-electron chi connectivity index (χ0n) is 9.29. The van der Waals surface area contributed by atoms with Crippen molar-refractivity contribution in [2.75, 3.05) is 13.4 Å². The molecule has 5 nitrogen and oxygen atoms in total. The summed E-state index contributed by atoms with van der Waals surface area (Å²) < 4.78 is 24.7. The summed E-state index contributed by atoms with van der Waals surface area (Å²) in [5.41, 5.74) is 0. The second kappa shape index (κ2) is 8.25. The third kappa shape index (κ3) is 6.66. The van der Waals surface area contributed by atoms with Crippen LogP contribution in [-0.4, -0.2) is 13.4 Å². The Morgan fingerprint density at radius 1 is 1.25 bits per heavy atom. The smallest absolute Gasteiger partial charge is 0.756 e. The molecule has 84 valence electrons. The Hall–Kier alpha value is 0.130. The first-order valence-electron chi connectivity index (χ1n) is 4.42. The van der Waals surface area contributed by atoms with Gasteiger partial charge in [0.2, 0.25) is 0 Å². The molecule has 0 aliphatic carbocycles. The van der Waals surface area contributed by atoms with E-state index in [1.165, 1.54) is 0 Å². The van der Waals surface area contributed by atoms with Gasteiger partial charge in [0.05, 0.1) is 6.61 Å². The van der Waals surface area contributed by atoms with E-state index in [4.69, 9.17) is 4.74 Å². The quantitative estimate of drug-likeness (QED) is 0.353. The number of phosphoric ester groups is 1. The van der Waals surface area contributed by atoms with Gasteiger partial charge in [-0.25, -0.2) is 0 Å². The van der Waals surface area contributed by atoms with Gasteiger partial charge in [-0.3, -0.25) is 9.09 Å². The number of rotatable bonds is 6. The maximum absolute atomic E-state index is 10.9. The van der Waals surface area contributed by atoms with E-state index in [9.17, 15) is 9.46 Å². The summed E-state index contributed by atoms with van der Waals surface area (Å²) in [7, 11) is -4.20. The fraction of sp³-hybridized carbons (Fsp3) is 0.333. The van der Waals surface area contributed by atoms with Gasteiger partial charge in [0, 0.05) is 0 Å². The van der Waals surface area contributed by atoms with Gasteiger partial charge in [0.1, 0.15) is 5.75 Å². The minimum absolute atomic E-state index is 0. The molecule has 0 saturated carbocycles. The maximum atomic E-state index is 10.9. The summed E-state index contributed by atoms with van der Waals surface area (Å²) in [5, 5.41) is 0. The molecule has 7 heteroatoms. The van der Waals surface area contributed by atoms with Gasteiger partial charge in [-0.1, -0.05) is 18.2 Å². The van der Waals surface area contributed by atoms with Crippen LogP contribution in [0, 0.1) is 0 Å². The molecule has 0 fully saturated rings. The van der Waals surface area contributed by atoms with Crippen LogP contribution in [0.25, 0.3) is 0 Å². The van der Waals surface area contributed by atoms with Crippen LogP contribution < -0.4 is 39.2 Å². The second-order valence-corrected chi connectivity index (χ2v) is 3.98. The van der Waals surface area contributed by atoms with Gasteiger partial charge in [-0.05, 0) is 19.1 Å². The Labute approximate surface area is 117 Å². The molecule has 0 spiro atoms. The first-order valence-corrected chi connectivity index (χ1v) is 5.88. The normalized spacial score (nSPS) is 13.6. The van der Waals surface area contributed by atoms with Gasteiger partial charge in [-0.2, -0.15) is 0 Å². The number of para-hydroxylation sites is 1. The van der Waals surface area contributed by atoms with Crippen molar-refractivity contribution in [1.29, 1.82) is 0 Å². The molecule has 16 heavy (non-hydrogen) atoms. The summed E-state index contributed by atoms with van der Waals surface area (Å²) in [4.78, 5) is 10.9. The number of benzene rings is 1. The van der Waals surface area contributed by atoms with E-state index in [1.54, 1.807) is 31.2 Å². The van der Waals surface area contributed by atoms with E-state index in [2.05, 4.69) is 9.05 Å². The molecule has 0 bridgehead atoms. The Kier molecular flexibility index (Phi) is 8.32. The topological polar surface area (TPSA) is 67.8 Å². The van der Waals surface area contributed by atoms with Crippen molar-refractivity contribution in [3.63, 3.8) is 0 Å². The Morgan fingerprint density at radius 2 is 1.88 bits per heavy atom. The minimum Gasteiger partial charge on any atom is -0.756 e. The predicted molar refractivity (Wildman–Crippen MR) is 52.3 cm³/mol. The van der Waals surface area contributed by atoms with E-state index >= 15 is 0 Å². The van der Waals surface area contributed by atoms with Crippen molar-refractivity contribution < 1.29 is 52.8 Å². The Bertz CT molecular complexity index is 332. The molecule has 0 heterocycles. The molecule has 1 aromatic carbocycles. The van der Waals surface area contributed by atoms with Gasteiger partial charge < -0.3 is 14.2 Å². The molecule has 0 saturated heterocycles. The van der Waals surface area contributed by atoms with Crippen molar-refractivity contribution in [2.24, 2.45) is 0 Å². The maximum Gasteiger partial charge on any atom is 1.00 e. The van der Waals surface area contributed by atoms with Gasteiger partial charge in [-0.15, -0.1) is 0 Å². The van der Waals surface area contributed by atoms with Crippen LogP contribution >= 0.6 is 7.82 Å². The van der Waals surface area contributed by atoms with Crippen LogP contribution in [0.2, 0.25) is 0 Å². The van der Waals surface area contributed by atoms with Gasteiger partial charge in [0.15, 0.2) is 6.79 Å². The largest absolute Gasteiger partial charge is 1.00 e. The van der Waals surface area contributed by atoms with E-state index in [-0.39, 0.29) is 43.0 Å². The first-order chi connectivity index (χ1) is 7.14. The average molecular weight is 254 g/mol. The summed E-state index contributed by atoms with van der Waals surface area (Å²) in [6.07, 6.45) is 0. The van der Waals surface area contributed by atoms with E-state index in [1.807, 2.05) is 6.07 Å². The summed E-state index contributed by atoms with van der Waals surface area (Å²) in [6, 6.07) is 8.76. The van der Waals surface area contributed by atoms with Crippen LogP contribution in [-0.2, 0) is 13.6 Å². The fourth-order valence-electron chi connectivity index (χ4n) is 0.871. The monoisotopic (exact) mass is 254 g/mol. The molecule has 1 atom stereocenters. The third-order valence-corrected chi connectivity index (χ3v) is 2.46. The molecule has 0 radical (unpaired) electrons. The standard InChI is InChI=1S/C9H13O5P.Na/c1-2-13-15(10,11)14-8-12-9-6-4-3-5-7-9;/h3-7H,2,8H2,1H3,(H,10,11);/q;+1/p-1. The van der Waals surface area contributed by atoms with Crippen molar-refractivity contribution in [3.8, 4) is 5.75 Å². The molecule has 1 rings (SSSR count). The van der Waals surface area contributed by atoms with Crippen LogP contribution in [0.5, 0.6) is 5.75 Å². The van der Waals surface area contributed by atoms with E-state index in [0.29, 0.717) is 5.75 Å². The molecule has 1 unspecified atom stereocenters. The van der Waals surface area contributed by atoms with Crippen LogP contribution in [0.4, 0.5) is 0 Å². The minimum atomic E-state index is -4.20. The molecule has 0 aliphatic rings. The number of hydrogen-bond donors (Lipinski definition) is 0. The van der Waals surface area contributed by atoms with Gasteiger partial charge >= 0.3 is 29.6 Å². The van der Waals surface area contributed by atoms with Crippen molar-refractivity contribution >= 4 is 7.82 Å². The Balaban J connectivity index is 0.00000225. The molecule has 0 N–H and O–H groups in total. The molecular weight excluding hydrogens is 242 g/mol. The first kappa shape index (κ1) is 16.1. The van der Waals surface area contributed by atoms with Crippen LogP contribution in [0.3, 0.4) is 0 Å². The molecular formula is C9H12NaO5P. The predicted octanol–water partition coefficient (Wildman–Crippen LogP) is -1.45. The average Bonchev–Trinajstić information content (AvgIpc) is 2.19. The summed E-state index contributed by atoms with van der Waals surface area (Å²) >= 11 is 0. The number of hydrogen-bond acceptors (Lipinski definition) is 5. The summed E-state index contributed by atoms with van der Waals surface area (Å²) in [5.74, 6) is 0.536. The zero-order chi connectivity index (χ0) is 11.1. The third-order valence-electron chi connectivity index (χ3n) is 1.47. The van der Waals surface area contributed by atoms with Gasteiger partial charge in [0.25, 0.3) is 7.82 Å². The van der Waals surface area contributed by atoms with Crippen LogP contribution in [0.15, 0.2) is 30.3 Å². The number of phosphoric acid groups is 1. The molecule has 0 aliphatic heterocycles. The van der Waals surface area contributed by atoms with E-state index < -0.39 is 7.82 Å². The van der Waals surface area contributed by atoms with E-state index in [0.717, 1.165) is 0 Å². The molecule has 1 aromatic rings. The van der Waals surface area contributed by atoms with Crippen LogP contribution in [0.1, 0.15) is 6.92 Å². The summed E-state index contributed by atoms with van der Waals surface area (Å²) in [6.45, 7) is 1.23.